The Hall–Kier alpha value is -1.71. The molecule has 0 atom stereocenters. The van der Waals surface area contributed by atoms with Crippen LogP contribution in [0.25, 0.3) is 0 Å². The molecule has 0 unspecified atom stereocenters. The van der Waals surface area contributed by atoms with E-state index in [-0.39, 0.29) is 5.04 Å². The fourth-order valence-corrected chi connectivity index (χ4v) is 8.28. The first-order valence-electron chi connectivity index (χ1n) is 9.71. The second kappa shape index (κ2) is 9.84. The van der Waals surface area contributed by atoms with Crippen LogP contribution >= 0.6 is 0 Å². The summed E-state index contributed by atoms with van der Waals surface area (Å²) in [5.74, 6) is 0. The van der Waals surface area contributed by atoms with Gasteiger partial charge >= 0.3 is 0 Å². The fraction of sp³-hybridized carbons (Fsp3) is 0.435. The molecule has 0 amide bonds. The van der Waals surface area contributed by atoms with Crippen molar-refractivity contribution in [2.45, 2.75) is 57.9 Å². The van der Waals surface area contributed by atoms with Crippen LogP contribution in [-0.2, 0) is 9.22 Å². The van der Waals surface area contributed by atoms with Crippen molar-refractivity contribution >= 4 is 25.0 Å². The Labute approximate surface area is 159 Å². The Morgan fingerprint density at radius 2 is 1.31 bits per heavy atom. The minimum atomic E-state index is -2.38. The average Bonchev–Trinajstić information content (AvgIpc) is 2.64. The van der Waals surface area contributed by atoms with Crippen LogP contribution in [0.3, 0.4) is 0 Å². The van der Waals surface area contributed by atoms with E-state index in [1.54, 1.807) is 0 Å². The standard InChI is InChI=1S/C23H32O2Si/c1-23(2,3)26(21-15-9-7-10-16-21,22-17-11-8-12-18-22)25-20-14-6-4-5-13-19-24/h7-12,15-19H,4-6,13-14,20H2,1-3H3. The number of rotatable bonds is 10. The van der Waals surface area contributed by atoms with Crippen molar-refractivity contribution in [1.29, 1.82) is 0 Å². The second-order valence-electron chi connectivity index (χ2n) is 7.88. The van der Waals surface area contributed by atoms with E-state index < -0.39 is 8.32 Å². The second-order valence-corrected chi connectivity index (χ2v) is 12.2. The van der Waals surface area contributed by atoms with Gasteiger partial charge in [0.05, 0.1) is 0 Å². The molecule has 0 spiro atoms. The molecule has 140 valence electrons. The largest absolute Gasteiger partial charge is 0.407 e. The monoisotopic (exact) mass is 368 g/mol. The number of carbonyl (C=O) groups is 1. The maximum atomic E-state index is 10.4. The van der Waals surface area contributed by atoms with Crippen LogP contribution in [-0.4, -0.2) is 21.2 Å². The van der Waals surface area contributed by atoms with E-state index in [9.17, 15) is 4.79 Å². The summed E-state index contributed by atoms with van der Waals surface area (Å²) in [6.07, 6.45) is 5.94. The molecule has 2 rings (SSSR count). The highest BCUT2D eigenvalue weighted by Crippen LogP contribution is 2.36. The molecule has 0 N–H and O–H groups in total. The molecule has 0 heterocycles. The Kier molecular flexibility index (Phi) is 7.79. The molecule has 0 aliphatic carbocycles. The van der Waals surface area contributed by atoms with Crippen LogP contribution in [0.5, 0.6) is 0 Å². The van der Waals surface area contributed by atoms with E-state index in [0.717, 1.165) is 38.6 Å². The van der Waals surface area contributed by atoms with Gasteiger partial charge in [-0.1, -0.05) is 94.3 Å². The van der Waals surface area contributed by atoms with E-state index in [0.29, 0.717) is 6.42 Å². The Balaban J connectivity index is 2.25. The molecule has 2 aromatic rings. The number of aldehydes is 1. The molecular weight excluding hydrogens is 336 g/mol. The molecule has 2 nitrogen and oxygen atoms in total. The zero-order valence-corrected chi connectivity index (χ0v) is 17.4. The molecule has 0 aliphatic rings. The minimum Gasteiger partial charge on any atom is -0.407 e. The van der Waals surface area contributed by atoms with Crippen LogP contribution in [0.2, 0.25) is 5.04 Å². The van der Waals surface area contributed by atoms with Crippen LogP contribution in [0.1, 0.15) is 52.9 Å². The van der Waals surface area contributed by atoms with E-state index in [1.807, 2.05) is 0 Å². The lowest BCUT2D eigenvalue weighted by atomic mass is 10.2. The summed E-state index contributed by atoms with van der Waals surface area (Å²) in [7, 11) is -2.38. The summed E-state index contributed by atoms with van der Waals surface area (Å²) in [5, 5.41) is 2.70. The van der Waals surface area contributed by atoms with Gasteiger partial charge in [-0.15, -0.1) is 0 Å². The molecule has 0 saturated heterocycles. The summed E-state index contributed by atoms with van der Waals surface area (Å²) in [4.78, 5) is 10.4. The van der Waals surface area contributed by atoms with Gasteiger partial charge in [0.25, 0.3) is 8.32 Å². The number of benzene rings is 2. The number of hydrogen-bond acceptors (Lipinski definition) is 2. The summed E-state index contributed by atoms with van der Waals surface area (Å²) in [5.41, 5.74) is 0. The van der Waals surface area contributed by atoms with Crippen molar-refractivity contribution in [2.24, 2.45) is 0 Å². The predicted octanol–water partition coefficient (Wildman–Crippen LogP) is 4.71. The van der Waals surface area contributed by atoms with Gasteiger partial charge in [0.1, 0.15) is 6.29 Å². The number of hydrogen-bond donors (Lipinski definition) is 0. The maximum Gasteiger partial charge on any atom is 0.261 e. The lowest BCUT2D eigenvalue weighted by Crippen LogP contribution is -2.66. The molecule has 0 radical (unpaired) electrons. The van der Waals surface area contributed by atoms with E-state index in [4.69, 9.17) is 4.43 Å². The smallest absolute Gasteiger partial charge is 0.261 e. The van der Waals surface area contributed by atoms with E-state index in [2.05, 4.69) is 81.4 Å². The first-order valence-corrected chi connectivity index (χ1v) is 11.6. The first-order chi connectivity index (χ1) is 12.5. The van der Waals surface area contributed by atoms with Crippen LogP contribution in [0.4, 0.5) is 0 Å². The van der Waals surface area contributed by atoms with Gasteiger partial charge in [0.15, 0.2) is 0 Å². The minimum absolute atomic E-state index is 0.0349. The third-order valence-corrected chi connectivity index (χ3v) is 9.99. The molecule has 0 aliphatic heterocycles. The summed E-state index contributed by atoms with van der Waals surface area (Å²) >= 11 is 0. The van der Waals surface area contributed by atoms with Gasteiger partial charge in [0.2, 0.25) is 0 Å². The van der Waals surface area contributed by atoms with Crippen molar-refractivity contribution in [2.75, 3.05) is 6.61 Å². The first kappa shape index (κ1) is 20.6. The molecule has 2 aromatic carbocycles. The Morgan fingerprint density at radius 1 is 0.808 bits per heavy atom. The molecule has 26 heavy (non-hydrogen) atoms. The number of unbranched alkanes of at least 4 members (excludes halogenated alkanes) is 4. The van der Waals surface area contributed by atoms with Crippen LogP contribution in [0, 0.1) is 0 Å². The van der Waals surface area contributed by atoms with Gasteiger partial charge in [-0.2, -0.15) is 0 Å². The molecule has 0 aromatic heterocycles. The third kappa shape index (κ3) is 4.92. The van der Waals surface area contributed by atoms with Crippen molar-refractivity contribution in [3.8, 4) is 0 Å². The van der Waals surface area contributed by atoms with Crippen LogP contribution < -0.4 is 10.4 Å². The zero-order valence-electron chi connectivity index (χ0n) is 16.4. The fourth-order valence-electron chi connectivity index (χ4n) is 3.67. The quantitative estimate of drug-likeness (QED) is 0.345. The van der Waals surface area contributed by atoms with Gasteiger partial charge in [-0.05, 0) is 28.3 Å². The van der Waals surface area contributed by atoms with Gasteiger partial charge in [-0.3, -0.25) is 0 Å². The highest BCUT2D eigenvalue weighted by molar-refractivity contribution is 6.99. The third-order valence-electron chi connectivity index (χ3n) is 4.95. The van der Waals surface area contributed by atoms with E-state index >= 15 is 0 Å². The summed E-state index contributed by atoms with van der Waals surface area (Å²) in [6.45, 7) is 7.70. The van der Waals surface area contributed by atoms with Crippen molar-refractivity contribution in [3.63, 3.8) is 0 Å². The van der Waals surface area contributed by atoms with Crippen molar-refractivity contribution in [3.05, 3.63) is 60.7 Å². The van der Waals surface area contributed by atoms with Crippen molar-refractivity contribution < 1.29 is 9.22 Å². The van der Waals surface area contributed by atoms with Gasteiger partial charge in [0, 0.05) is 13.0 Å². The average molecular weight is 369 g/mol. The molecule has 0 fully saturated rings. The van der Waals surface area contributed by atoms with Gasteiger partial charge in [-0.25, -0.2) is 0 Å². The highest BCUT2D eigenvalue weighted by Gasteiger charge is 2.49. The topological polar surface area (TPSA) is 26.3 Å². The normalized spacial score (nSPS) is 12.1. The lowest BCUT2D eigenvalue weighted by molar-refractivity contribution is -0.107. The molecule has 3 heteroatoms. The number of carbonyl (C=O) groups excluding carboxylic acids is 1. The maximum absolute atomic E-state index is 10.4. The zero-order chi connectivity index (χ0) is 18.9. The molecular formula is C23H32O2Si. The summed E-state index contributed by atoms with van der Waals surface area (Å²) < 4.78 is 6.84. The summed E-state index contributed by atoms with van der Waals surface area (Å²) in [6, 6.07) is 21.5. The molecule has 0 bridgehead atoms. The SMILES string of the molecule is CC(C)(C)[Si](OCCCCCCC=O)(c1ccccc1)c1ccccc1. The Bertz CT molecular complexity index is 607. The van der Waals surface area contributed by atoms with Gasteiger partial charge < -0.3 is 9.22 Å². The predicted molar refractivity (Wildman–Crippen MR) is 113 cm³/mol. The highest BCUT2D eigenvalue weighted by atomic mass is 28.4. The van der Waals surface area contributed by atoms with Crippen molar-refractivity contribution in [1.82, 2.24) is 0 Å². The van der Waals surface area contributed by atoms with Crippen LogP contribution in [0.15, 0.2) is 60.7 Å². The lowest BCUT2D eigenvalue weighted by Gasteiger charge is -2.43. The van der Waals surface area contributed by atoms with E-state index in [1.165, 1.54) is 10.4 Å². The molecule has 0 saturated carbocycles. The Morgan fingerprint density at radius 3 is 1.77 bits per heavy atom.